The molecule has 1 aromatic carbocycles. The molecule has 0 saturated carbocycles. The van der Waals surface area contributed by atoms with E-state index in [0.29, 0.717) is 12.1 Å². The summed E-state index contributed by atoms with van der Waals surface area (Å²) in [5, 5.41) is 3.78. The van der Waals surface area contributed by atoms with Crippen LogP contribution in [0.25, 0.3) is 0 Å². The monoisotopic (exact) mass is 286 g/mol. The van der Waals surface area contributed by atoms with Crippen molar-refractivity contribution in [2.45, 2.75) is 45.7 Å². The molecule has 0 spiro atoms. The normalized spacial score (nSPS) is 25.3. The molecule has 116 valence electrons. The lowest BCUT2D eigenvalue weighted by atomic mass is 9.93. The Labute approximate surface area is 130 Å². The van der Waals surface area contributed by atoms with Crippen molar-refractivity contribution in [3.63, 3.8) is 0 Å². The fourth-order valence-corrected chi connectivity index (χ4v) is 3.16. The van der Waals surface area contributed by atoms with Gasteiger partial charge in [-0.05, 0) is 24.8 Å². The summed E-state index contributed by atoms with van der Waals surface area (Å²) in [6, 6.07) is 12.1. The minimum absolute atomic E-state index is 0.511. The molecule has 0 bridgehead atoms. The van der Waals surface area contributed by atoms with Gasteiger partial charge in [0.15, 0.2) is 0 Å². The van der Waals surface area contributed by atoms with E-state index in [2.05, 4.69) is 73.5 Å². The molecule has 0 radical (unpaired) electrons. The lowest BCUT2D eigenvalue weighted by molar-refractivity contribution is 0.111. The second-order valence-corrected chi connectivity index (χ2v) is 6.18. The predicted molar refractivity (Wildman–Crippen MR) is 91.4 cm³/mol. The van der Waals surface area contributed by atoms with Crippen LogP contribution in [-0.4, -0.2) is 30.6 Å². The van der Waals surface area contributed by atoms with Crippen molar-refractivity contribution in [1.29, 1.82) is 0 Å². The first-order valence-corrected chi connectivity index (χ1v) is 8.39. The number of hydrogen-bond acceptors (Lipinski definition) is 2. The van der Waals surface area contributed by atoms with E-state index in [0.717, 1.165) is 32.0 Å². The molecule has 0 aromatic heterocycles. The molecule has 1 saturated heterocycles. The Hall–Kier alpha value is -1.12. The lowest BCUT2D eigenvalue weighted by Gasteiger charge is -2.42. The van der Waals surface area contributed by atoms with Gasteiger partial charge >= 0.3 is 0 Å². The zero-order chi connectivity index (χ0) is 15.1. The van der Waals surface area contributed by atoms with Crippen molar-refractivity contribution in [1.82, 2.24) is 10.2 Å². The fourth-order valence-electron chi connectivity index (χ4n) is 3.16. The van der Waals surface area contributed by atoms with Gasteiger partial charge in [-0.3, -0.25) is 4.90 Å². The third-order valence-electron chi connectivity index (χ3n) is 4.78. The minimum Gasteiger partial charge on any atom is -0.311 e. The molecule has 1 heterocycles. The average Bonchev–Trinajstić information content (AvgIpc) is 2.55. The molecule has 1 aromatic rings. The summed E-state index contributed by atoms with van der Waals surface area (Å²) < 4.78 is 0. The third-order valence-corrected chi connectivity index (χ3v) is 4.78. The number of nitrogens with zero attached hydrogens (tertiary/aromatic N) is 1. The maximum Gasteiger partial charge on any atom is 0.0473 e. The smallest absolute Gasteiger partial charge is 0.0473 e. The molecule has 1 N–H and O–H groups in total. The van der Waals surface area contributed by atoms with Crippen LogP contribution in [0.15, 0.2) is 42.5 Å². The first-order chi connectivity index (χ1) is 10.3. The molecule has 1 fully saturated rings. The fraction of sp³-hybridized carbons (Fsp3) is 0.579. The Morgan fingerprint density at radius 2 is 2.10 bits per heavy atom. The highest BCUT2D eigenvalue weighted by Gasteiger charge is 2.30. The molecule has 2 rings (SSSR count). The van der Waals surface area contributed by atoms with E-state index in [1.54, 1.807) is 0 Å². The topological polar surface area (TPSA) is 15.3 Å². The molecule has 3 atom stereocenters. The maximum absolute atomic E-state index is 3.78. The van der Waals surface area contributed by atoms with E-state index in [9.17, 15) is 0 Å². The summed E-state index contributed by atoms with van der Waals surface area (Å²) in [6.45, 7) is 10.1. The summed E-state index contributed by atoms with van der Waals surface area (Å²) in [6.07, 6.45) is 6.83. The van der Waals surface area contributed by atoms with Gasteiger partial charge in [0, 0.05) is 31.7 Å². The van der Waals surface area contributed by atoms with Gasteiger partial charge in [0.05, 0.1) is 0 Å². The van der Waals surface area contributed by atoms with Crippen LogP contribution in [0.2, 0.25) is 0 Å². The van der Waals surface area contributed by atoms with Crippen LogP contribution >= 0.6 is 0 Å². The molecule has 1 aliphatic rings. The maximum atomic E-state index is 3.78. The Balaban J connectivity index is 2.08. The highest BCUT2D eigenvalue weighted by atomic mass is 15.2. The molecule has 0 aliphatic carbocycles. The average molecular weight is 286 g/mol. The summed E-state index contributed by atoms with van der Waals surface area (Å²) in [4.78, 5) is 2.67. The van der Waals surface area contributed by atoms with Crippen molar-refractivity contribution in [2.75, 3.05) is 19.6 Å². The van der Waals surface area contributed by atoms with Crippen LogP contribution in [0.5, 0.6) is 0 Å². The highest BCUT2D eigenvalue weighted by Crippen LogP contribution is 2.26. The Morgan fingerprint density at radius 3 is 2.76 bits per heavy atom. The van der Waals surface area contributed by atoms with Gasteiger partial charge < -0.3 is 5.32 Å². The summed E-state index contributed by atoms with van der Waals surface area (Å²) >= 11 is 0. The van der Waals surface area contributed by atoms with Gasteiger partial charge in [-0.15, -0.1) is 0 Å². The van der Waals surface area contributed by atoms with Gasteiger partial charge in [0.25, 0.3) is 0 Å². The van der Waals surface area contributed by atoms with E-state index in [4.69, 9.17) is 0 Å². The van der Waals surface area contributed by atoms with Crippen molar-refractivity contribution in [3.8, 4) is 0 Å². The summed E-state index contributed by atoms with van der Waals surface area (Å²) in [7, 11) is 0. The molecule has 3 unspecified atom stereocenters. The molecule has 21 heavy (non-hydrogen) atoms. The largest absolute Gasteiger partial charge is 0.311 e. The summed E-state index contributed by atoms with van der Waals surface area (Å²) in [5.74, 6) is 0.742. The SMILES string of the molecule is C/C=C/CCN1CC(C(C)CC)NCC1c1ccccc1. The van der Waals surface area contributed by atoms with Crippen LogP contribution in [0.1, 0.15) is 45.2 Å². The first-order valence-electron chi connectivity index (χ1n) is 8.39. The summed E-state index contributed by atoms with van der Waals surface area (Å²) in [5.41, 5.74) is 1.44. The van der Waals surface area contributed by atoms with Crippen LogP contribution in [-0.2, 0) is 0 Å². The predicted octanol–water partition coefficient (Wildman–Crippen LogP) is 4.01. The van der Waals surface area contributed by atoms with Crippen LogP contribution < -0.4 is 5.32 Å². The van der Waals surface area contributed by atoms with Gasteiger partial charge in [0.1, 0.15) is 0 Å². The highest BCUT2D eigenvalue weighted by molar-refractivity contribution is 5.20. The van der Waals surface area contributed by atoms with E-state index in [1.807, 2.05) is 0 Å². The number of nitrogens with one attached hydrogen (secondary N) is 1. The number of piperazine rings is 1. The van der Waals surface area contributed by atoms with Gasteiger partial charge in [-0.2, -0.15) is 0 Å². The molecule has 0 amide bonds. The molecule has 1 aliphatic heterocycles. The van der Waals surface area contributed by atoms with Crippen molar-refractivity contribution in [3.05, 3.63) is 48.0 Å². The third kappa shape index (κ3) is 4.42. The lowest BCUT2D eigenvalue weighted by Crippen LogP contribution is -2.54. The molecule has 2 nitrogen and oxygen atoms in total. The minimum atomic E-state index is 0.511. The van der Waals surface area contributed by atoms with E-state index in [1.165, 1.54) is 12.0 Å². The van der Waals surface area contributed by atoms with Gasteiger partial charge in [0.2, 0.25) is 0 Å². The second-order valence-electron chi connectivity index (χ2n) is 6.18. The van der Waals surface area contributed by atoms with Crippen molar-refractivity contribution >= 4 is 0 Å². The number of benzene rings is 1. The first kappa shape index (κ1) is 16.3. The quantitative estimate of drug-likeness (QED) is 0.795. The second kappa shape index (κ2) is 8.35. The van der Waals surface area contributed by atoms with Crippen molar-refractivity contribution < 1.29 is 0 Å². The standard InChI is InChI=1S/C19H30N2/c1-4-6-10-13-21-15-18(16(3)5-2)20-14-19(21)17-11-8-7-9-12-17/h4,6-9,11-12,16,18-20H,5,10,13-15H2,1-3H3/b6-4+. The van der Waals surface area contributed by atoms with E-state index >= 15 is 0 Å². The Morgan fingerprint density at radius 1 is 1.33 bits per heavy atom. The van der Waals surface area contributed by atoms with Crippen LogP contribution in [0.4, 0.5) is 0 Å². The number of rotatable bonds is 6. The zero-order valence-electron chi connectivity index (χ0n) is 13.8. The van der Waals surface area contributed by atoms with Gasteiger partial charge in [-0.1, -0.05) is 62.8 Å². The van der Waals surface area contributed by atoms with Crippen LogP contribution in [0, 0.1) is 5.92 Å². The van der Waals surface area contributed by atoms with E-state index < -0.39 is 0 Å². The van der Waals surface area contributed by atoms with Crippen LogP contribution in [0.3, 0.4) is 0 Å². The Bertz CT molecular complexity index is 426. The molecular weight excluding hydrogens is 256 g/mol. The molecular formula is C19H30N2. The number of allylic oxidation sites excluding steroid dienone is 1. The van der Waals surface area contributed by atoms with E-state index in [-0.39, 0.29) is 0 Å². The Kier molecular flexibility index (Phi) is 6.47. The number of hydrogen-bond donors (Lipinski definition) is 1. The van der Waals surface area contributed by atoms with Gasteiger partial charge in [-0.25, -0.2) is 0 Å². The molecule has 2 heteroatoms. The van der Waals surface area contributed by atoms with Crippen molar-refractivity contribution in [2.24, 2.45) is 5.92 Å². The zero-order valence-corrected chi connectivity index (χ0v) is 13.8.